The lowest BCUT2D eigenvalue weighted by molar-refractivity contribution is -0.152. The highest BCUT2D eigenvalue weighted by molar-refractivity contribution is 7.99. The zero-order chi connectivity index (χ0) is 14.5. The van der Waals surface area contributed by atoms with E-state index in [1.807, 2.05) is 17.5 Å². The molecule has 1 aliphatic rings. The Bertz CT molecular complexity index is 504. The van der Waals surface area contributed by atoms with E-state index >= 15 is 0 Å². The highest BCUT2D eigenvalue weighted by Gasteiger charge is 2.34. The Labute approximate surface area is 124 Å². The standard InChI is InChI=1S/C12H14N2O4S2/c15-10-5-14(9(4-13-10)12(17)18)11(16)7-19-6-8-2-1-3-20-8/h1-3,9H,4-7H2,(H,13,15)(H,17,18). The van der Waals surface area contributed by atoms with Crippen molar-refractivity contribution in [2.75, 3.05) is 18.8 Å². The summed E-state index contributed by atoms with van der Waals surface area (Å²) >= 11 is 3.03. The van der Waals surface area contributed by atoms with E-state index in [2.05, 4.69) is 5.32 Å². The molecule has 1 unspecified atom stereocenters. The summed E-state index contributed by atoms with van der Waals surface area (Å²) in [5, 5.41) is 13.5. The minimum atomic E-state index is -1.10. The van der Waals surface area contributed by atoms with Crippen LogP contribution in [0.4, 0.5) is 0 Å². The van der Waals surface area contributed by atoms with Crippen molar-refractivity contribution < 1.29 is 19.5 Å². The predicted molar refractivity (Wildman–Crippen MR) is 76.6 cm³/mol. The number of piperazine rings is 1. The zero-order valence-electron chi connectivity index (χ0n) is 10.6. The van der Waals surface area contributed by atoms with E-state index in [0.29, 0.717) is 5.75 Å². The molecule has 2 rings (SSSR count). The minimum Gasteiger partial charge on any atom is -0.480 e. The first-order valence-electron chi connectivity index (χ1n) is 5.97. The van der Waals surface area contributed by atoms with Crippen LogP contribution >= 0.6 is 23.1 Å². The number of nitrogens with zero attached hydrogens (tertiary/aromatic N) is 1. The number of thiophene rings is 1. The van der Waals surface area contributed by atoms with Crippen molar-refractivity contribution in [1.82, 2.24) is 10.2 Å². The van der Waals surface area contributed by atoms with Gasteiger partial charge in [-0.15, -0.1) is 23.1 Å². The summed E-state index contributed by atoms with van der Waals surface area (Å²) in [7, 11) is 0. The number of hydrogen-bond acceptors (Lipinski definition) is 5. The molecular weight excluding hydrogens is 300 g/mol. The first-order chi connectivity index (χ1) is 9.58. The van der Waals surface area contributed by atoms with Crippen molar-refractivity contribution in [3.8, 4) is 0 Å². The molecule has 0 aromatic carbocycles. The lowest BCUT2D eigenvalue weighted by Gasteiger charge is -2.32. The smallest absolute Gasteiger partial charge is 0.328 e. The van der Waals surface area contributed by atoms with Crippen LogP contribution in [0, 0.1) is 0 Å². The first-order valence-corrected chi connectivity index (χ1v) is 8.00. The van der Waals surface area contributed by atoms with Gasteiger partial charge in [0, 0.05) is 17.2 Å². The van der Waals surface area contributed by atoms with Gasteiger partial charge in [0.05, 0.1) is 5.75 Å². The van der Waals surface area contributed by atoms with E-state index in [4.69, 9.17) is 5.11 Å². The number of amides is 2. The Morgan fingerprint density at radius 2 is 2.35 bits per heavy atom. The average molecular weight is 314 g/mol. The molecule has 2 amide bonds. The van der Waals surface area contributed by atoms with Gasteiger partial charge >= 0.3 is 5.97 Å². The quantitative estimate of drug-likeness (QED) is 0.821. The fourth-order valence-corrected chi connectivity index (χ4v) is 3.59. The molecule has 1 atom stereocenters. The zero-order valence-corrected chi connectivity index (χ0v) is 12.2. The summed E-state index contributed by atoms with van der Waals surface area (Å²) in [6.07, 6.45) is 0. The Balaban J connectivity index is 1.88. The lowest BCUT2D eigenvalue weighted by Crippen LogP contribution is -2.59. The molecule has 0 saturated carbocycles. The summed E-state index contributed by atoms with van der Waals surface area (Å²) in [6.45, 7) is -0.217. The van der Waals surface area contributed by atoms with Gasteiger partial charge in [0.2, 0.25) is 11.8 Å². The molecule has 8 heteroatoms. The summed E-state index contributed by atoms with van der Waals surface area (Å²) < 4.78 is 0. The Morgan fingerprint density at radius 3 is 3.00 bits per heavy atom. The summed E-state index contributed by atoms with van der Waals surface area (Å²) in [5.74, 6) is -0.842. The van der Waals surface area contributed by atoms with Gasteiger partial charge in [-0.25, -0.2) is 4.79 Å². The number of aliphatic carboxylic acids is 1. The molecule has 1 fully saturated rings. The largest absolute Gasteiger partial charge is 0.480 e. The van der Waals surface area contributed by atoms with Gasteiger partial charge in [0.1, 0.15) is 12.6 Å². The van der Waals surface area contributed by atoms with Gasteiger partial charge < -0.3 is 15.3 Å². The first kappa shape index (κ1) is 14.9. The van der Waals surface area contributed by atoms with Gasteiger partial charge in [-0.3, -0.25) is 9.59 Å². The second-order valence-electron chi connectivity index (χ2n) is 4.25. The number of carbonyl (C=O) groups is 3. The van der Waals surface area contributed by atoms with E-state index in [1.165, 1.54) is 11.8 Å². The van der Waals surface area contributed by atoms with Crippen LogP contribution in [-0.4, -0.2) is 52.7 Å². The third-order valence-corrected chi connectivity index (χ3v) is 4.86. The Kier molecular flexibility index (Phi) is 5.02. The number of rotatable bonds is 5. The molecule has 20 heavy (non-hydrogen) atoms. The van der Waals surface area contributed by atoms with Crippen LogP contribution in [0.15, 0.2) is 17.5 Å². The van der Waals surface area contributed by atoms with Crippen molar-refractivity contribution in [2.45, 2.75) is 11.8 Å². The molecule has 0 aliphatic carbocycles. The van der Waals surface area contributed by atoms with Gasteiger partial charge in [-0.1, -0.05) is 6.07 Å². The molecule has 1 aromatic rings. The normalized spacial score (nSPS) is 18.7. The van der Waals surface area contributed by atoms with E-state index in [1.54, 1.807) is 11.3 Å². The minimum absolute atomic E-state index is 0.0322. The van der Waals surface area contributed by atoms with Crippen LogP contribution in [0.5, 0.6) is 0 Å². The lowest BCUT2D eigenvalue weighted by atomic mass is 10.2. The van der Waals surface area contributed by atoms with Crippen LogP contribution in [0.3, 0.4) is 0 Å². The van der Waals surface area contributed by atoms with Crippen molar-refractivity contribution in [2.24, 2.45) is 0 Å². The molecule has 1 aliphatic heterocycles. The molecule has 1 aromatic heterocycles. The molecule has 0 radical (unpaired) electrons. The van der Waals surface area contributed by atoms with Crippen molar-refractivity contribution in [3.63, 3.8) is 0 Å². The van der Waals surface area contributed by atoms with Crippen molar-refractivity contribution >= 4 is 40.9 Å². The molecule has 1 saturated heterocycles. The molecule has 0 bridgehead atoms. The highest BCUT2D eigenvalue weighted by atomic mass is 32.2. The topological polar surface area (TPSA) is 86.7 Å². The number of carboxylic acid groups (broad SMARTS) is 1. The maximum atomic E-state index is 12.1. The molecule has 2 N–H and O–H groups in total. The van der Waals surface area contributed by atoms with E-state index < -0.39 is 12.0 Å². The highest BCUT2D eigenvalue weighted by Crippen LogP contribution is 2.18. The number of thioether (sulfide) groups is 1. The second-order valence-corrected chi connectivity index (χ2v) is 6.27. The van der Waals surface area contributed by atoms with Crippen LogP contribution in [0.25, 0.3) is 0 Å². The molecule has 6 nitrogen and oxygen atoms in total. The molecular formula is C12H14N2O4S2. The van der Waals surface area contributed by atoms with Gasteiger partial charge in [0.25, 0.3) is 0 Å². The number of nitrogens with one attached hydrogen (secondary N) is 1. The maximum absolute atomic E-state index is 12.1. The maximum Gasteiger partial charge on any atom is 0.328 e. The number of hydrogen-bond donors (Lipinski definition) is 2. The molecule has 108 valence electrons. The van der Waals surface area contributed by atoms with Crippen molar-refractivity contribution in [1.29, 1.82) is 0 Å². The fourth-order valence-electron chi connectivity index (χ4n) is 1.84. The molecule has 0 spiro atoms. The van der Waals surface area contributed by atoms with E-state index in [9.17, 15) is 14.4 Å². The second kappa shape index (κ2) is 6.76. The van der Waals surface area contributed by atoms with Crippen LogP contribution < -0.4 is 5.32 Å². The monoisotopic (exact) mass is 314 g/mol. The summed E-state index contributed by atoms with van der Waals surface area (Å²) in [5.41, 5.74) is 0. The van der Waals surface area contributed by atoms with Gasteiger partial charge in [-0.2, -0.15) is 0 Å². The van der Waals surface area contributed by atoms with Crippen molar-refractivity contribution in [3.05, 3.63) is 22.4 Å². The summed E-state index contributed by atoms with van der Waals surface area (Å²) in [4.78, 5) is 36.7. The van der Waals surface area contributed by atoms with Crippen LogP contribution in [0.1, 0.15) is 4.88 Å². The van der Waals surface area contributed by atoms with Crippen LogP contribution in [0.2, 0.25) is 0 Å². The average Bonchev–Trinajstić information content (AvgIpc) is 2.91. The number of carboxylic acids is 1. The third kappa shape index (κ3) is 3.73. The Morgan fingerprint density at radius 1 is 1.55 bits per heavy atom. The fraction of sp³-hybridized carbons (Fsp3) is 0.417. The van der Waals surface area contributed by atoms with Crippen LogP contribution in [-0.2, 0) is 20.1 Å². The Hall–Kier alpha value is -1.54. The number of carbonyl (C=O) groups excluding carboxylic acids is 2. The third-order valence-electron chi connectivity index (χ3n) is 2.84. The van der Waals surface area contributed by atoms with Gasteiger partial charge in [-0.05, 0) is 11.4 Å². The van der Waals surface area contributed by atoms with E-state index in [0.717, 1.165) is 9.78 Å². The molecule has 2 heterocycles. The summed E-state index contributed by atoms with van der Waals surface area (Å²) in [6, 6.07) is 2.96. The SMILES string of the molecule is O=C1CN(C(=O)CSCc2cccs2)C(C(=O)O)CN1. The van der Waals surface area contributed by atoms with E-state index in [-0.39, 0.29) is 30.7 Å². The van der Waals surface area contributed by atoms with Gasteiger partial charge in [0.15, 0.2) is 0 Å². The predicted octanol–water partition coefficient (Wildman–Crippen LogP) is 0.393.